The van der Waals surface area contributed by atoms with Crippen LogP contribution in [-0.2, 0) is 19.1 Å². The number of nitriles is 2. The van der Waals surface area contributed by atoms with Crippen molar-refractivity contribution in [2.24, 2.45) is 22.2 Å². The lowest BCUT2D eigenvalue weighted by Crippen LogP contribution is -2.56. The standard InChI is InChI=1S/C27H32N2O4Si/c1-7-27-9-8-22-25(2,23(27)12-21(30)19(14-27)15-28)13-20(16-29)24(31)26(22,3)17-33-18-32-10-11-34(4,5)6/h1,12-14,22H,8-11,17-18H2,2-6H3/t22-,25+,26+,27+/m1/s1. The molecule has 3 aliphatic carbocycles. The average Bonchev–Trinajstić information content (AvgIpc) is 2.78. The van der Waals surface area contributed by atoms with Crippen LogP contribution in [0.5, 0.6) is 0 Å². The van der Waals surface area contributed by atoms with Crippen LogP contribution in [0.2, 0.25) is 25.7 Å². The molecule has 1 fully saturated rings. The Morgan fingerprint density at radius 2 is 1.79 bits per heavy atom. The van der Waals surface area contributed by atoms with E-state index in [4.69, 9.17) is 15.9 Å². The van der Waals surface area contributed by atoms with Crippen LogP contribution in [0.1, 0.15) is 26.7 Å². The predicted octanol–water partition coefficient (Wildman–Crippen LogP) is 4.35. The summed E-state index contributed by atoms with van der Waals surface area (Å²) in [7, 11) is -1.22. The van der Waals surface area contributed by atoms with Crippen molar-refractivity contribution in [3.05, 3.63) is 34.9 Å². The summed E-state index contributed by atoms with van der Waals surface area (Å²) in [4.78, 5) is 26.1. The predicted molar refractivity (Wildman–Crippen MR) is 131 cm³/mol. The van der Waals surface area contributed by atoms with Gasteiger partial charge in [-0.3, -0.25) is 9.59 Å². The number of ketones is 2. The van der Waals surface area contributed by atoms with Crippen molar-refractivity contribution in [3.63, 3.8) is 0 Å². The number of carbonyl (C=O) groups excluding carboxylic acids is 2. The number of fused-ring (bicyclic) bond motifs is 3. The molecule has 0 spiro atoms. The van der Waals surface area contributed by atoms with Crippen molar-refractivity contribution >= 4 is 19.6 Å². The molecule has 0 saturated heterocycles. The summed E-state index contributed by atoms with van der Waals surface area (Å²) in [5.41, 5.74) is -1.96. The van der Waals surface area contributed by atoms with E-state index in [1.54, 1.807) is 12.2 Å². The second-order valence-corrected chi connectivity index (χ2v) is 16.8. The molecule has 0 N–H and O–H groups in total. The zero-order valence-corrected chi connectivity index (χ0v) is 21.7. The third-order valence-electron chi connectivity index (χ3n) is 7.58. The Kier molecular flexibility index (Phi) is 6.93. The number of nitrogens with zero attached hydrogens (tertiary/aromatic N) is 2. The van der Waals surface area contributed by atoms with Crippen molar-refractivity contribution in [2.45, 2.75) is 52.4 Å². The quantitative estimate of drug-likeness (QED) is 0.234. The monoisotopic (exact) mass is 476 g/mol. The van der Waals surface area contributed by atoms with Gasteiger partial charge in [0.05, 0.1) is 28.6 Å². The van der Waals surface area contributed by atoms with Gasteiger partial charge in [0, 0.05) is 20.1 Å². The lowest BCUT2D eigenvalue weighted by atomic mass is 9.45. The molecule has 3 aliphatic rings. The first-order chi connectivity index (χ1) is 15.9. The number of hydrogen-bond donors (Lipinski definition) is 0. The maximum absolute atomic E-state index is 13.4. The number of terminal acetylenes is 1. The molecule has 3 rings (SSSR count). The summed E-state index contributed by atoms with van der Waals surface area (Å²) in [6.45, 7) is 11.4. The van der Waals surface area contributed by atoms with Crippen LogP contribution in [0.25, 0.3) is 0 Å². The van der Waals surface area contributed by atoms with E-state index in [0.717, 1.165) is 6.04 Å². The summed E-state index contributed by atoms with van der Waals surface area (Å²) < 4.78 is 11.5. The second-order valence-electron chi connectivity index (χ2n) is 11.2. The van der Waals surface area contributed by atoms with Gasteiger partial charge in [-0.15, -0.1) is 6.42 Å². The molecule has 0 amide bonds. The number of rotatable bonds is 7. The third kappa shape index (κ3) is 4.35. The Morgan fingerprint density at radius 1 is 1.12 bits per heavy atom. The van der Waals surface area contributed by atoms with Crippen LogP contribution in [-0.4, -0.2) is 39.6 Å². The van der Waals surface area contributed by atoms with Crippen LogP contribution in [0, 0.1) is 57.2 Å². The second kappa shape index (κ2) is 9.12. The summed E-state index contributed by atoms with van der Waals surface area (Å²) in [5.74, 6) is 1.93. The van der Waals surface area contributed by atoms with Crippen LogP contribution < -0.4 is 0 Å². The van der Waals surface area contributed by atoms with E-state index in [0.29, 0.717) is 25.0 Å². The normalized spacial score (nSPS) is 32.8. The van der Waals surface area contributed by atoms with Crippen molar-refractivity contribution in [2.75, 3.05) is 20.0 Å². The highest BCUT2D eigenvalue weighted by Gasteiger charge is 2.61. The zero-order chi connectivity index (χ0) is 25.4. The molecule has 1 saturated carbocycles. The van der Waals surface area contributed by atoms with Gasteiger partial charge >= 0.3 is 0 Å². The largest absolute Gasteiger partial charge is 0.356 e. The highest BCUT2D eigenvalue weighted by atomic mass is 28.3. The fourth-order valence-corrected chi connectivity index (χ4v) is 6.46. The SMILES string of the molecule is C#C[C@]12C=C(C#N)C(=O)C=C1[C@@]1(C)C=C(C#N)C(=O)[C@@](C)(COCOCC[Si](C)(C)C)[C@@H]1CC2. The Labute approximate surface area is 203 Å². The average molecular weight is 477 g/mol. The summed E-state index contributed by atoms with van der Waals surface area (Å²) >= 11 is 0. The van der Waals surface area contributed by atoms with Crippen LogP contribution in [0.15, 0.2) is 34.9 Å². The minimum atomic E-state index is -1.22. The van der Waals surface area contributed by atoms with E-state index in [9.17, 15) is 20.1 Å². The van der Waals surface area contributed by atoms with Crippen LogP contribution in [0.4, 0.5) is 0 Å². The maximum atomic E-state index is 13.4. The molecule has 0 bridgehead atoms. The van der Waals surface area contributed by atoms with Crippen LogP contribution >= 0.6 is 0 Å². The number of ether oxygens (including phenoxy) is 2. The van der Waals surface area contributed by atoms with Gasteiger partial charge in [-0.1, -0.05) is 38.6 Å². The number of Topliss-reactive ketones (excluding diaryl/α,β-unsaturated/α-hetero) is 1. The number of carbonyl (C=O) groups is 2. The van der Waals surface area contributed by atoms with Gasteiger partial charge in [-0.2, -0.15) is 10.5 Å². The molecule has 0 aromatic heterocycles. The smallest absolute Gasteiger partial charge is 0.196 e. The summed E-state index contributed by atoms with van der Waals surface area (Å²) in [5, 5.41) is 19.2. The first-order valence-corrected chi connectivity index (χ1v) is 15.3. The molecule has 178 valence electrons. The van der Waals surface area contributed by atoms with E-state index in [1.807, 2.05) is 26.0 Å². The lowest BCUT2D eigenvalue weighted by molar-refractivity contribution is -0.145. The lowest BCUT2D eigenvalue weighted by Gasteiger charge is -2.57. The summed E-state index contributed by atoms with van der Waals surface area (Å²) in [6.07, 6.45) is 11.8. The van der Waals surface area contributed by atoms with E-state index >= 15 is 0 Å². The summed E-state index contributed by atoms with van der Waals surface area (Å²) in [6, 6.07) is 5.01. The van der Waals surface area contributed by atoms with Crippen molar-refractivity contribution in [3.8, 4) is 24.5 Å². The van der Waals surface area contributed by atoms with Crippen molar-refractivity contribution in [1.82, 2.24) is 0 Å². The molecule has 0 aromatic carbocycles. The highest BCUT2D eigenvalue weighted by molar-refractivity contribution is 6.76. The zero-order valence-electron chi connectivity index (χ0n) is 20.7. The fourth-order valence-electron chi connectivity index (χ4n) is 5.70. The maximum Gasteiger partial charge on any atom is 0.196 e. The molecular weight excluding hydrogens is 444 g/mol. The van der Waals surface area contributed by atoms with Gasteiger partial charge in [0.1, 0.15) is 18.9 Å². The third-order valence-corrected chi connectivity index (χ3v) is 9.29. The molecule has 0 aromatic rings. The minimum absolute atomic E-state index is 0.0293. The molecule has 0 radical (unpaired) electrons. The van der Waals surface area contributed by atoms with E-state index in [1.165, 1.54) is 6.08 Å². The molecule has 0 heterocycles. The van der Waals surface area contributed by atoms with E-state index in [-0.39, 0.29) is 36.2 Å². The Balaban J connectivity index is 1.93. The highest BCUT2D eigenvalue weighted by Crippen LogP contribution is 2.63. The van der Waals surface area contributed by atoms with Gasteiger partial charge in [0.15, 0.2) is 11.6 Å². The molecule has 6 nitrogen and oxygen atoms in total. The van der Waals surface area contributed by atoms with Crippen molar-refractivity contribution < 1.29 is 19.1 Å². The Bertz CT molecular complexity index is 1120. The fraction of sp³-hybridized carbons (Fsp3) is 0.556. The minimum Gasteiger partial charge on any atom is -0.356 e. The Hall–Kier alpha value is -2.76. The topological polar surface area (TPSA) is 100 Å². The molecule has 4 atom stereocenters. The molecule has 7 heteroatoms. The van der Waals surface area contributed by atoms with Gasteiger partial charge < -0.3 is 9.47 Å². The van der Waals surface area contributed by atoms with E-state index < -0.39 is 30.1 Å². The molecule has 34 heavy (non-hydrogen) atoms. The molecule has 0 aliphatic heterocycles. The number of allylic oxidation sites excluding steroid dienone is 6. The Morgan fingerprint density at radius 3 is 2.38 bits per heavy atom. The van der Waals surface area contributed by atoms with Gasteiger partial charge in [0.25, 0.3) is 0 Å². The first kappa shape index (κ1) is 25.9. The van der Waals surface area contributed by atoms with Gasteiger partial charge in [0.2, 0.25) is 0 Å². The van der Waals surface area contributed by atoms with Gasteiger partial charge in [-0.25, -0.2) is 0 Å². The molecule has 0 unspecified atom stereocenters. The first-order valence-electron chi connectivity index (χ1n) is 11.6. The van der Waals surface area contributed by atoms with Crippen molar-refractivity contribution in [1.29, 1.82) is 10.5 Å². The van der Waals surface area contributed by atoms with Gasteiger partial charge in [-0.05, 0) is 49.5 Å². The number of hydrogen-bond acceptors (Lipinski definition) is 6. The van der Waals surface area contributed by atoms with Crippen LogP contribution in [0.3, 0.4) is 0 Å². The van der Waals surface area contributed by atoms with E-state index in [2.05, 4.69) is 25.6 Å². The molecular formula is C27H32N2O4Si.